The van der Waals surface area contributed by atoms with Gasteiger partial charge in [-0.05, 0) is 36.0 Å². The molecule has 2 N–H and O–H groups in total. The zero-order valence-corrected chi connectivity index (χ0v) is 17.0. The number of hydrogen-bond donors (Lipinski definition) is 2. The van der Waals surface area contributed by atoms with Crippen LogP contribution in [0.5, 0.6) is 0 Å². The molecule has 2 fully saturated rings. The minimum atomic E-state index is -0.307. The number of carbonyl (C=O) groups excluding carboxylic acids is 2. The molecule has 152 valence electrons. The smallest absolute Gasteiger partial charge is 0.232 e. The summed E-state index contributed by atoms with van der Waals surface area (Å²) in [5.41, 5.74) is 3.90. The first-order valence-electron chi connectivity index (χ1n) is 10.4. The molecule has 1 aliphatic heterocycles. The van der Waals surface area contributed by atoms with Crippen LogP contribution in [0.1, 0.15) is 55.3 Å². The number of nitrogens with one attached hydrogen (secondary N) is 2. The van der Waals surface area contributed by atoms with Crippen LogP contribution < -0.4 is 10.6 Å². The van der Waals surface area contributed by atoms with Gasteiger partial charge in [0.05, 0.1) is 25.2 Å². The fourth-order valence-corrected chi connectivity index (χ4v) is 3.50. The summed E-state index contributed by atoms with van der Waals surface area (Å²) in [6, 6.07) is 15.8. The first-order chi connectivity index (χ1) is 14.0. The molecule has 1 saturated heterocycles. The highest BCUT2D eigenvalue weighted by atomic mass is 16.5. The molecule has 4 rings (SSSR count). The highest BCUT2D eigenvalue weighted by Crippen LogP contribution is 2.34. The highest BCUT2D eigenvalue weighted by Gasteiger charge is 2.33. The zero-order valence-electron chi connectivity index (χ0n) is 17.0. The number of carbonyl (C=O) groups is 2. The Hall–Kier alpha value is -2.66. The maximum atomic E-state index is 12.6. The van der Waals surface area contributed by atoms with Crippen molar-refractivity contribution in [3.8, 4) is 0 Å². The van der Waals surface area contributed by atoms with Crippen LogP contribution in [0.4, 0.5) is 5.69 Å². The number of amides is 2. The fraction of sp³-hybridized carbons (Fsp3) is 0.417. The molecule has 0 bridgehead atoms. The van der Waals surface area contributed by atoms with Crippen molar-refractivity contribution in [3.05, 3.63) is 65.2 Å². The lowest BCUT2D eigenvalue weighted by Gasteiger charge is -2.27. The van der Waals surface area contributed by atoms with E-state index in [1.165, 1.54) is 5.56 Å². The van der Waals surface area contributed by atoms with Crippen molar-refractivity contribution in [3.63, 3.8) is 0 Å². The van der Waals surface area contributed by atoms with E-state index < -0.39 is 0 Å². The van der Waals surface area contributed by atoms with Crippen molar-refractivity contribution < 1.29 is 14.3 Å². The SMILES string of the molecule is CC(C)c1ccc([C@@H](NC(=O)C2CC2)c2ccccc2NC(=O)C2COC2)cc1. The maximum absolute atomic E-state index is 12.6. The fourth-order valence-electron chi connectivity index (χ4n) is 3.50. The molecule has 2 amide bonds. The molecule has 2 aromatic rings. The minimum Gasteiger partial charge on any atom is -0.380 e. The van der Waals surface area contributed by atoms with Crippen LogP contribution in [0.25, 0.3) is 0 Å². The number of anilines is 1. The lowest BCUT2D eigenvalue weighted by Crippen LogP contribution is -2.39. The molecular weight excluding hydrogens is 364 g/mol. The molecule has 2 aliphatic rings. The Morgan fingerprint density at radius 1 is 0.897 bits per heavy atom. The van der Waals surface area contributed by atoms with Crippen molar-refractivity contribution in [2.75, 3.05) is 18.5 Å². The summed E-state index contributed by atoms with van der Waals surface area (Å²) in [5, 5.41) is 6.26. The normalized spacial score (nSPS) is 17.5. The Bertz CT molecular complexity index is 883. The third-order valence-electron chi connectivity index (χ3n) is 5.71. The zero-order chi connectivity index (χ0) is 20.4. The Kier molecular flexibility index (Phi) is 5.67. The monoisotopic (exact) mass is 392 g/mol. The predicted octanol–water partition coefficient (Wildman–Crippen LogP) is 4.01. The number of rotatable bonds is 7. The third-order valence-corrected chi connectivity index (χ3v) is 5.71. The molecule has 0 radical (unpaired) electrons. The molecule has 0 aromatic heterocycles. The lowest BCUT2D eigenvalue weighted by atomic mass is 9.93. The van der Waals surface area contributed by atoms with E-state index in [0.717, 1.165) is 29.7 Å². The van der Waals surface area contributed by atoms with Gasteiger partial charge in [0.15, 0.2) is 0 Å². The van der Waals surface area contributed by atoms with Gasteiger partial charge >= 0.3 is 0 Å². The van der Waals surface area contributed by atoms with Crippen LogP contribution in [0.3, 0.4) is 0 Å². The van der Waals surface area contributed by atoms with Crippen LogP contribution in [0.2, 0.25) is 0 Å². The summed E-state index contributed by atoms with van der Waals surface area (Å²) in [6.07, 6.45) is 1.90. The second kappa shape index (κ2) is 8.37. The van der Waals surface area contributed by atoms with E-state index in [0.29, 0.717) is 19.1 Å². The molecule has 0 unspecified atom stereocenters. The molecule has 1 saturated carbocycles. The van der Waals surface area contributed by atoms with Crippen molar-refractivity contribution >= 4 is 17.5 Å². The summed E-state index contributed by atoms with van der Waals surface area (Å²) in [7, 11) is 0. The molecule has 1 atom stereocenters. The Morgan fingerprint density at radius 2 is 1.55 bits per heavy atom. The average Bonchev–Trinajstić information content (AvgIpc) is 3.50. The van der Waals surface area contributed by atoms with Crippen molar-refractivity contribution in [2.24, 2.45) is 11.8 Å². The second-order valence-corrected chi connectivity index (χ2v) is 8.35. The average molecular weight is 392 g/mol. The maximum Gasteiger partial charge on any atom is 0.232 e. The van der Waals surface area contributed by atoms with E-state index in [1.807, 2.05) is 24.3 Å². The molecule has 1 aliphatic carbocycles. The summed E-state index contributed by atoms with van der Waals surface area (Å²) >= 11 is 0. The van der Waals surface area contributed by atoms with Crippen LogP contribution in [0, 0.1) is 11.8 Å². The van der Waals surface area contributed by atoms with Gasteiger partial charge < -0.3 is 15.4 Å². The van der Waals surface area contributed by atoms with E-state index in [2.05, 4.69) is 48.7 Å². The van der Waals surface area contributed by atoms with E-state index in [9.17, 15) is 9.59 Å². The number of benzene rings is 2. The van der Waals surface area contributed by atoms with Crippen molar-refractivity contribution in [2.45, 2.75) is 38.6 Å². The highest BCUT2D eigenvalue weighted by molar-refractivity contribution is 5.94. The van der Waals surface area contributed by atoms with Gasteiger partial charge in [-0.3, -0.25) is 9.59 Å². The summed E-state index contributed by atoms with van der Waals surface area (Å²) < 4.78 is 5.14. The Labute approximate surface area is 171 Å². The lowest BCUT2D eigenvalue weighted by molar-refractivity contribution is -0.133. The summed E-state index contributed by atoms with van der Waals surface area (Å²) in [4.78, 5) is 25.1. The predicted molar refractivity (Wildman–Crippen MR) is 113 cm³/mol. The topological polar surface area (TPSA) is 67.4 Å². The van der Waals surface area contributed by atoms with Gasteiger partial charge in [-0.1, -0.05) is 56.3 Å². The van der Waals surface area contributed by atoms with Crippen LogP contribution in [-0.4, -0.2) is 25.0 Å². The standard InChI is InChI=1S/C24H28N2O3/c1-15(2)16-7-9-17(10-8-16)22(26-23(27)18-11-12-18)20-5-3-4-6-21(20)25-24(28)19-13-29-14-19/h3-10,15,18-19,22H,11-14H2,1-2H3,(H,25,28)(H,26,27)/t22-/m1/s1. The van der Waals surface area contributed by atoms with Crippen molar-refractivity contribution in [1.29, 1.82) is 0 Å². The van der Waals surface area contributed by atoms with Gasteiger partial charge in [0, 0.05) is 17.2 Å². The number of para-hydroxylation sites is 1. The quantitative estimate of drug-likeness (QED) is 0.748. The first kappa shape index (κ1) is 19.6. The van der Waals surface area contributed by atoms with E-state index in [-0.39, 0.29) is 29.7 Å². The molecular formula is C24H28N2O3. The number of ether oxygens (including phenoxy) is 1. The van der Waals surface area contributed by atoms with Gasteiger partial charge in [-0.15, -0.1) is 0 Å². The van der Waals surface area contributed by atoms with Gasteiger partial charge in [0.1, 0.15) is 0 Å². The Balaban J connectivity index is 1.65. The summed E-state index contributed by atoms with van der Waals surface area (Å²) in [6.45, 7) is 5.26. The van der Waals surface area contributed by atoms with Gasteiger partial charge in [0.25, 0.3) is 0 Å². The van der Waals surface area contributed by atoms with Gasteiger partial charge in [0.2, 0.25) is 11.8 Å². The second-order valence-electron chi connectivity index (χ2n) is 8.35. The molecule has 5 heteroatoms. The van der Waals surface area contributed by atoms with Crippen LogP contribution >= 0.6 is 0 Å². The number of hydrogen-bond acceptors (Lipinski definition) is 3. The minimum absolute atomic E-state index is 0.0360. The molecule has 5 nitrogen and oxygen atoms in total. The molecule has 2 aromatic carbocycles. The van der Waals surface area contributed by atoms with Crippen molar-refractivity contribution in [1.82, 2.24) is 5.32 Å². The van der Waals surface area contributed by atoms with E-state index in [4.69, 9.17) is 4.74 Å². The molecule has 0 spiro atoms. The Morgan fingerprint density at radius 3 is 2.14 bits per heavy atom. The third kappa shape index (κ3) is 4.51. The first-order valence-corrected chi connectivity index (χ1v) is 10.4. The van der Waals surface area contributed by atoms with Gasteiger partial charge in [-0.2, -0.15) is 0 Å². The van der Waals surface area contributed by atoms with Crippen LogP contribution in [0.15, 0.2) is 48.5 Å². The largest absolute Gasteiger partial charge is 0.380 e. The summed E-state index contributed by atoms with van der Waals surface area (Å²) in [5.74, 6) is 0.497. The van der Waals surface area contributed by atoms with Crippen LogP contribution in [-0.2, 0) is 14.3 Å². The molecule has 29 heavy (non-hydrogen) atoms. The van der Waals surface area contributed by atoms with E-state index in [1.54, 1.807) is 0 Å². The van der Waals surface area contributed by atoms with Gasteiger partial charge in [-0.25, -0.2) is 0 Å². The van der Waals surface area contributed by atoms with E-state index >= 15 is 0 Å². The molecule has 1 heterocycles.